The first kappa shape index (κ1) is 23.1. The lowest BCUT2D eigenvalue weighted by Gasteiger charge is -2.17. The van der Waals surface area contributed by atoms with E-state index in [1.54, 1.807) is 6.08 Å². The summed E-state index contributed by atoms with van der Waals surface area (Å²) in [6.07, 6.45) is 4.45. The number of allylic oxidation sites excluding steroid dienone is 1. The Morgan fingerprint density at radius 3 is 3.03 bits per heavy atom. The van der Waals surface area contributed by atoms with Crippen LogP contribution in [-0.4, -0.2) is 26.1 Å². The van der Waals surface area contributed by atoms with Crippen LogP contribution < -0.4 is 10.9 Å². The molecule has 8 nitrogen and oxygen atoms in total. The van der Waals surface area contributed by atoms with E-state index in [1.165, 1.54) is 26.8 Å². The van der Waals surface area contributed by atoms with Crippen LogP contribution in [0.25, 0.3) is 10.2 Å². The topological polar surface area (TPSA) is 107 Å². The van der Waals surface area contributed by atoms with Gasteiger partial charge in [0.2, 0.25) is 11.7 Å². The van der Waals surface area contributed by atoms with Crippen LogP contribution >= 0.6 is 23.1 Å². The molecule has 1 aromatic carbocycles. The Kier molecular flexibility index (Phi) is 6.61. The fourth-order valence-electron chi connectivity index (χ4n) is 3.86. The minimum atomic E-state index is -0.980. The molecule has 1 N–H and O–H groups in total. The van der Waals surface area contributed by atoms with Gasteiger partial charge in [-0.25, -0.2) is 4.98 Å². The van der Waals surface area contributed by atoms with Crippen molar-refractivity contribution in [1.29, 1.82) is 0 Å². The van der Waals surface area contributed by atoms with Gasteiger partial charge in [-0.1, -0.05) is 24.8 Å². The lowest BCUT2D eigenvalue weighted by molar-refractivity contribution is -0.387. The highest BCUT2D eigenvalue weighted by atomic mass is 32.2. The second kappa shape index (κ2) is 9.44. The van der Waals surface area contributed by atoms with Gasteiger partial charge in [0.25, 0.3) is 5.56 Å². The first-order valence-corrected chi connectivity index (χ1v) is 12.1. The van der Waals surface area contributed by atoms with Crippen molar-refractivity contribution in [2.75, 3.05) is 11.1 Å². The number of nitro benzene ring substituents is 1. The molecule has 0 spiro atoms. The van der Waals surface area contributed by atoms with Crippen molar-refractivity contribution in [1.82, 2.24) is 9.55 Å². The number of anilines is 1. The van der Waals surface area contributed by atoms with Crippen molar-refractivity contribution in [3.05, 3.63) is 67.6 Å². The monoisotopic (exact) mass is 488 g/mol. The number of nitro groups is 1. The fraction of sp³-hybridized carbons (Fsp3) is 0.318. The maximum atomic E-state index is 13.5. The minimum absolute atomic E-state index is 0.0810. The number of amides is 1. The molecule has 33 heavy (non-hydrogen) atoms. The zero-order valence-corrected chi connectivity index (χ0v) is 19.4. The molecular formula is C22H21FN4O4S2. The minimum Gasteiger partial charge on any atom is -0.325 e. The largest absolute Gasteiger partial charge is 0.325 e. The van der Waals surface area contributed by atoms with Crippen LogP contribution in [0.4, 0.5) is 15.8 Å². The van der Waals surface area contributed by atoms with E-state index in [2.05, 4.69) is 18.8 Å². The average molecular weight is 489 g/mol. The van der Waals surface area contributed by atoms with Crippen molar-refractivity contribution in [2.24, 2.45) is 5.92 Å². The van der Waals surface area contributed by atoms with Crippen molar-refractivity contribution in [3.63, 3.8) is 0 Å². The number of aromatic nitrogens is 2. The third kappa shape index (κ3) is 4.69. The number of nitrogens with one attached hydrogen (secondary N) is 1. The lowest BCUT2D eigenvalue weighted by atomic mass is 9.89. The molecule has 2 aromatic heterocycles. The number of hydrogen-bond donors (Lipinski definition) is 1. The van der Waals surface area contributed by atoms with Crippen molar-refractivity contribution in [2.45, 2.75) is 37.9 Å². The third-order valence-corrected chi connectivity index (χ3v) is 7.58. The van der Waals surface area contributed by atoms with E-state index in [4.69, 9.17) is 4.98 Å². The molecule has 0 radical (unpaired) electrons. The Bertz CT molecular complexity index is 1330. The van der Waals surface area contributed by atoms with Crippen LogP contribution in [0.1, 0.15) is 23.8 Å². The van der Waals surface area contributed by atoms with Gasteiger partial charge in [0.05, 0.1) is 16.1 Å². The van der Waals surface area contributed by atoms with Crippen LogP contribution in [0.3, 0.4) is 0 Å². The molecule has 0 fully saturated rings. The summed E-state index contributed by atoms with van der Waals surface area (Å²) < 4.78 is 15.0. The van der Waals surface area contributed by atoms with Crippen LogP contribution in [0.15, 0.2) is 40.8 Å². The molecule has 1 atom stereocenters. The number of thioether (sulfide) groups is 1. The molecule has 172 valence electrons. The van der Waals surface area contributed by atoms with Gasteiger partial charge in [0.1, 0.15) is 4.83 Å². The molecule has 3 aromatic rings. The number of nitrogens with zero attached hydrogens (tertiary/aromatic N) is 3. The van der Waals surface area contributed by atoms with Gasteiger partial charge in [0, 0.05) is 23.2 Å². The molecule has 0 bridgehead atoms. The van der Waals surface area contributed by atoms with Crippen LogP contribution in [0, 0.1) is 21.8 Å². The zero-order valence-electron chi connectivity index (χ0n) is 17.8. The highest BCUT2D eigenvalue weighted by Crippen LogP contribution is 2.36. The normalized spacial score (nSPS) is 15.3. The lowest BCUT2D eigenvalue weighted by Crippen LogP contribution is -2.24. The molecule has 0 saturated carbocycles. The molecule has 1 unspecified atom stereocenters. The van der Waals surface area contributed by atoms with Crippen LogP contribution in [-0.2, 0) is 24.2 Å². The molecule has 1 aliphatic carbocycles. The SMILES string of the molecule is C=CCn1c(SCC(=O)Nc2ccc(F)c([N+](=O)[O-])c2)nc2sc3c(c2c1=O)CCC(C)C3. The van der Waals surface area contributed by atoms with Gasteiger partial charge in [-0.15, -0.1) is 17.9 Å². The summed E-state index contributed by atoms with van der Waals surface area (Å²) >= 11 is 2.63. The van der Waals surface area contributed by atoms with E-state index in [-0.39, 0.29) is 23.5 Å². The van der Waals surface area contributed by atoms with Crippen LogP contribution in [0.2, 0.25) is 0 Å². The predicted molar refractivity (Wildman–Crippen MR) is 128 cm³/mol. The van der Waals surface area contributed by atoms with Gasteiger partial charge in [-0.2, -0.15) is 4.39 Å². The Hall–Kier alpha value is -3.05. The Labute approximate surface area is 196 Å². The van der Waals surface area contributed by atoms with E-state index in [0.717, 1.165) is 48.7 Å². The second-order valence-corrected chi connectivity index (χ2v) is 9.92. The number of carbonyl (C=O) groups excluding carboxylic acids is 1. The molecule has 0 saturated heterocycles. The molecule has 2 heterocycles. The number of hydrogen-bond acceptors (Lipinski definition) is 7. The number of carbonyl (C=O) groups is 1. The number of benzene rings is 1. The summed E-state index contributed by atoms with van der Waals surface area (Å²) in [6, 6.07) is 3.14. The van der Waals surface area contributed by atoms with Gasteiger partial charge in [-0.3, -0.25) is 24.3 Å². The van der Waals surface area contributed by atoms with Crippen molar-refractivity contribution >= 4 is 50.6 Å². The maximum absolute atomic E-state index is 13.5. The van der Waals surface area contributed by atoms with E-state index in [0.29, 0.717) is 21.3 Å². The number of rotatable bonds is 7. The fourth-order valence-corrected chi connectivity index (χ4v) is 6.10. The zero-order chi connectivity index (χ0) is 23.7. The Balaban J connectivity index is 1.58. The molecule has 1 amide bonds. The smallest absolute Gasteiger partial charge is 0.306 e. The molecule has 4 rings (SSSR count). The van der Waals surface area contributed by atoms with Crippen LogP contribution in [0.5, 0.6) is 0 Å². The summed E-state index contributed by atoms with van der Waals surface area (Å²) in [5.74, 6) is -0.950. The van der Waals surface area contributed by atoms with Gasteiger partial charge in [-0.05, 0) is 42.9 Å². The Morgan fingerprint density at radius 1 is 1.52 bits per heavy atom. The molecular weight excluding hydrogens is 467 g/mol. The third-order valence-electron chi connectivity index (χ3n) is 5.45. The number of aryl methyl sites for hydroxylation is 1. The van der Waals surface area contributed by atoms with E-state index < -0.39 is 22.3 Å². The summed E-state index contributed by atoms with van der Waals surface area (Å²) in [5.41, 5.74) is 0.351. The summed E-state index contributed by atoms with van der Waals surface area (Å²) in [7, 11) is 0. The highest BCUT2D eigenvalue weighted by Gasteiger charge is 2.25. The number of thiophene rings is 1. The Morgan fingerprint density at radius 2 is 2.30 bits per heavy atom. The second-order valence-electron chi connectivity index (χ2n) is 7.89. The average Bonchev–Trinajstić information content (AvgIpc) is 3.13. The number of fused-ring (bicyclic) bond motifs is 3. The standard InChI is InChI=1S/C22H21FN4O4S2/c1-3-8-26-21(29)19-14-6-4-12(2)9-17(14)33-20(19)25-22(26)32-11-18(28)24-13-5-7-15(23)16(10-13)27(30)31/h3,5,7,10,12H,1,4,6,8-9,11H2,2H3,(H,24,28). The highest BCUT2D eigenvalue weighted by molar-refractivity contribution is 7.99. The van der Waals surface area contributed by atoms with Gasteiger partial charge in [0.15, 0.2) is 5.16 Å². The maximum Gasteiger partial charge on any atom is 0.306 e. The predicted octanol–water partition coefficient (Wildman–Crippen LogP) is 4.55. The summed E-state index contributed by atoms with van der Waals surface area (Å²) in [6.45, 7) is 6.19. The van der Waals surface area contributed by atoms with Crippen molar-refractivity contribution < 1.29 is 14.1 Å². The quantitative estimate of drug-likeness (QED) is 0.172. The first-order valence-electron chi connectivity index (χ1n) is 10.3. The summed E-state index contributed by atoms with van der Waals surface area (Å²) in [4.78, 5) is 42.3. The van der Waals surface area contributed by atoms with Crippen molar-refractivity contribution in [3.8, 4) is 0 Å². The summed E-state index contributed by atoms with van der Waals surface area (Å²) in [5, 5.41) is 14.5. The van der Waals surface area contributed by atoms with Gasteiger partial charge >= 0.3 is 5.69 Å². The number of halogens is 1. The van der Waals surface area contributed by atoms with E-state index >= 15 is 0 Å². The first-order chi connectivity index (χ1) is 15.8. The molecule has 11 heteroatoms. The van der Waals surface area contributed by atoms with E-state index in [9.17, 15) is 24.1 Å². The van der Waals surface area contributed by atoms with Gasteiger partial charge < -0.3 is 5.32 Å². The molecule has 1 aliphatic rings. The van der Waals surface area contributed by atoms with E-state index in [1.807, 2.05) is 0 Å². The molecule has 0 aliphatic heterocycles.